The normalized spacial score (nSPS) is 13.9. The highest BCUT2D eigenvalue weighted by molar-refractivity contribution is 6.29. The number of hydrogen-bond donors (Lipinski definition) is 0. The summed E-state index contributed by atoms with van der Waals surface area (Å²) in [5.41, 5.74) is 0.615. The van der Waals surface area contributed by atoms with E-state index in [9.17, 15) is 0 Å². The minimum absolute atomic E-state index is 0.0146. The molecule has 1 atom stereocenters. The number of rotatable bonds is 6. The molecule has 0 N–H and O–H groups in total. The molecule has 3 heteroatoms. The highest BCUT2D eigenvalue weighted by atomic mass is 28.2. The summed E-state index contributed by atoms with van der Waals surface area (Å²) in [4.78, 5) is 0. The molecule has 0 aliphatic rings. The Hall–Kier alpha value is 0.137. The van der Waals surface area contributed by atoms with Crippen LogP contribution in [0.25, 0.3) is 0 Å². The molecule has 0 spiro atoms. The Labute approximate surface area is 72.2 Å². The van der Waals surface area contributed by atoms with Crippen LogP contribution in [0.5, 0.6) is 0 Å². The van der Waals surface area contributed by atoms with Crippen LogP contribution >= 0.6 is 0 Å². The molecule has 0 aromatic rings. The standard InChI is InChI=1S/C8H18O2Si/c1-5-8(9-6-2)10-11-7(3)4/h7-8H,5-6H2,1-4H3. The Morgan fingerprint density at radius 2 is 1.91 bits per heavy atom. The van der Waals surface area contributed by atoms with Crippen molar-refractivity contribution in [1.29, 1.82) is 0 Å². The van der Waals surface area contributed by atoms with Crippen LogP contribution in [0.15, 0.2) is 0 Å². The van der Waals surface area contributed by atoms with Gasteiger partial charge in [0.15, 0.2) is 0 Å². The second-order valence-electron chi connectivity index (χ2n) is 2.68. The third kappa shape index (κ3) is 6.53. The summed E-state index contributed by atoms with van der Waals surface area (Å²) >= 11 is 0. The van der Waals surface area contributed by atoms with Gasteiger partial charge in [0.05, 0.1) is 0 Å². The summed E-state index contributed by atoms with van der Waals surface area (Å²) in [6.45, 7) is 9.10. The highest BCUT2D eigenvalue weighted by Crippen LogP contribution is 2.04. The monoisotopic (exact) mass is 174 g/mol. The summed E-state index contributed by atoms with van der Waals surface area (Å²) in [5, 5.41) is 0. The molecule has 0 rings (SSSR count). The van der Waals surface area contributed by atoms with Gasteiger partial charge in [-0.1, -0.05) is 20.8 Å². The predicted octanol–water partition coefficient (Wildman–Crippen LogP) is 2.22. The van der Waals surface area contributed by atoms with Crippen LogP contribution in [0, 0.1) is 0 Å². The van der Waals surface area contributed by atoms with Crippen molar-refractivity contribution >= 4 is 9.76 Å². The summed E-state index contributed by atoms with van der Waals surface area (Å²) in [5.74, 6) is 0. The fourth-order valence-electron chi connectivity index (χ4n) is 0.633. The van der Waals surface area contributed by atoms with Crippen molar-refractivity contribution < 1.29 is 9.16 Å². The van der Waals surface area contributed by atoms with Crippen LogP contribution in [-0.4, -0.2) is 22.7 Å². The van der Waals surface area contributed by atoms with Gasteiger partial charge < -0.3 is 9.16 Å². The van der Waals surface area contributed by atoms with Crippen molar-refractivity contribution in [3.63, 3.8) is 0 Å². The minimum Gasteiger partial charge on any atom is -0.393 e. The zero-order chi connectivity index (χ0) is 8.69. The Bertz CT molecular complexity index is 86.2. The quantitative estimate of drug-likeness (QED) is 0.454. The van der Waals surface area contributed by atoms with Gasteiger partial charge >= 0.3 is 0 Å². The van der Waals surface area contributed by atoms with Gasteiger partial charge in [-0.25, -0.2) is 0 Å². The zero-order valence-corrected chi connectivity index (χ0v) is 8.89. The zero-order valence-electron chi connectivity index (χ0n) is 7.89. The van der Waals surface area contributed by atoms with Gasteiger partial charge in [-0.05, 0) is 18.9 Å². The van der Waals surface area contributed by atoms with Crippen molar-refractivity contribution in [3.05, 3.63) is 0 Å². The lowest BCUT2D eigenvalue weighted by Crippen LogP contribution is -2.19. The van der Waals surface area contributed by atoms with Crippen LogP contribution in [0.4, 0.5) is 0 Å². The second-order valence-corrected chi connectivity index (χ2v) is 4.31. The van der Waals surface area contributed by atoms with Crippen LogP contribution in [0.1, 0.15) is 34.1 Å². The number of hydrogen-bond acceptors (Lipinski definition) is 2. The maximum Gasteiger partial charge on any atom is 0.236 e. The first-order chi connectivity index (χ1) is 5.20. The minimum atomic E-state index is 0.0146. The van der Waals surface area contributed by atoms with Crippen LogP contribution in [0.3, 0.4) is 0 Å². The smallest absolute Gasteiger partial charge is 0.236 e. The Morgan fingerprint density at radius 1 is 1.27 bits per heavy atom. The SMILES string of the molecule is CCOC(CC)O[Si]C(C)C. The molecule has 0 aliphatic carbocycles. The van der Waals surface area contributed by atoms with Crippen molar-refractivity contribution in [3.8, 4) is 0 Å². The van der Waals surface area contributed by atoms with Crippen molar-refractivity contribution in [2.45, 2.75) is 45.9 Å². The Balaban J connectivity index is 3.35. The van der Waals surface area contributed by atoms with E-state index in [0.717, 1.165) is 13.0 Å². The van der Waals surface area contributed by atoms with E-state index in [1.807, 2.05) is 6.92 Å². The molecule has 0 saturated heterocycles. The third-order valence-electron chi connectivity index (χ3n) is 1.12. The fraction of sp³-hybridized carbons (Fsp3) is 1.00. The molecular formula is C8H18O2Si. The van der Waals surface area contributed by atoms with E-state index in [1.54, 1.807) is 0 Å². The molecule has 1 unspecified atom stereocenters. The molecule has 11 heavy (non-hydrogen) atoms. The average Bonchev–Trinajstić information content (AvgIpc) is 1.97. The maximum absolute atomic E-state index is 5.50. The van der Waals surface area contributed by atoms with Crippen LogP contribution < -0.4 is 0 Å². The highest BCUT2D eigenvalue weighted by Gasteiger charge is 2.06. The van der Waals surface area contributed by atoms with Crippen molar-refractivity contribution in [1.82, 2.24) is 0 Å². The van der Waals surface area contributed by atoms with Gasteiger partial charge in [0.25, 0.3) is 0 Å². The van der Waals surface area contributed by atoms with E-state index in [2.05, 4.69) is 20.8 Å². The van der Waals surface area contributed by atoms with Crippen LogP contribution in [0.2, 0.25) is 5.54 Å². The fourth-order valence-corrected chi connectivity index (χ4v) is 1.29. The molecule has 2 nitrogen and oxygen atoms in total. The molecule has 0 heterocycles. The molecule has 0 amide bonds. The summed E-state index contributed by atoms with van der Waals surface area (Å²) in [7, 11) is 0.561. The lowest BCUT2D eigenvalue weighted by Gasteiger charge is -2.16. The molecule has 0 fully saturated rings. The average molecular weight is 174 g/mol. The lowest BCUT2D eigenvalue weighted by atomic mass is 10.5. The topological polar surface area (TPSA) is 18.5 Å². The van der Waals surface area contributed by atoms with Gasteiger partial charge in [0.2, 0.25) is 9.76 Å². The van der Waals surface area contributed by atoms with Gasteiger partial charge in [0, 0.05) is 6.61 Å². The Morgan fingerprint density at radius 3 is 2.27 bits per heavy atom. The van der Waals surface area contributed by atoms with Gasteiger partial charge in [-0.15, -0.1) is 0 Å². The second kappa shape index (κ2) is 6.82. The van der Waals surface area contributed by atoms with Gasteiger partial charge in [-0.2, -0.15) is 0 Å². The van der Waals surface area contributed by atoms with E-state index in [0.29, 0.717) is 15.3 Å². The van der Waals surface area contributed by atoms with Crippen molar-refractivity contribution in [2.75, 3.05) is 6.61 Å². The van der Waals surface area contributed by atoms with E-state index in [1.165, 1.54) is 0 Å². The summed E-state index contributed by atoms with van der Waals surface area (Å²) < 4.78 is 10.8. The molecule has 0 aromatic heterocycles. The van der Waals surface area contributed by atoms with E-state index >= 15 is 0 Å². The van der Waals surface area contributed by atoms with E-state index in [-0.39, 0.29) is 6.29 Å². The molecule has 2 radical (unpaired) electrons. The van der Waals surface area contributed by atoms with Gasteiger partial charge in [0.1, 0.15) is 6.29 Å². The molecule has 66 valence electrons. The summed E-state index contributed by atoms with van der Waals surface area (Å²) in [6, 6.07) is 0. The molecule has 0 aliphatic heterocycles. The molecule has 0 bridgehead atoms. The van der Waals surface area contributed by atoms with E-state index in [4.69, 9.17) is 9.16 Å². The summed E-state index contributed by atoms with van der Waals surface area (Å²) in [6.07, 6.45) is 0.953. The van der Waals surface area contributed by atoms with Gasteiger partial charge in [-0.3, -0.25) is 0 Å². The lowest BCUT2D eigenvalue weighted by molar-refractivity contribution is -0.0767. The Kier molecular flexibility index (Phi) is 6.91. The van der Waals surface area contributed by atoms with Crippen molar-refractivity contribution in [2.24, 2.45) is 0 Å². The molecular weight excluding hydrogens is 156 g/mol. The van der Waals surface area contributed by atoms with Crippen LogP contribution in [-0.2, 0) is 9.16 Å². The van der Waals surface area contributed by atoms with E-state index < -0.39 is 0 Å². The largest absolute Gasteiger partial charge is 0.393 e. The first-order valence-corrected chi connectivity index (χ1v) is 5.22. The third-order valence-corrected chi connectivity index (χ3v) is 1.99. The molecule has 0 aromatic carbocycles. The first kappa shape index (κ1) is 11.1. The first-order valence-electron chi connectivity index (χ1n) is 4.23. The molecule has 0 saturated carbocycles. The maximum atomic E-state index is 5.50. The predicted molar refractivity (Wildman–Crippen MR) is 47.6 cm³/mol. The number of ether oxygens (including phenoxy) is 1.